The molecule has 0 saturated carbocycles. The van der Waals surface area contributed by atoms with Crippen molar-refractivity contribution in [2.75, 3.05) is 0 Å². The maximum absolute atomic E-state index is 5.89. The Kier molecular flexibility index (Phi) is 4.88. The molecule has 0 atom stereocenters. The summed E-state index contributed by atoms with van der Waals surface area (Å²) in [7, 11) is 0. The molecule has 0 spiro atoms. The van der Waals surface area contributed by atoms with E-state index in [0.717, 1.165) is 28.1 Å². The van der Waals surface area contributed by atoms with Crippen molar-refractivity contribution in [1.82, 2.24) is 4.98 Å². The number of aromatic nitrogens is 1. The molecule has 4 aromatic rings. The Morgan fingerprint density at radius 2 is 1.46 bits per heavy atom. The van der Waals surface area contributed by atoms with Crippen LogP contribution < -0.4 is 7.58 Å². The average molecular weight is 354 g/mol. The van der Waals surface area contributed by atoms with Crippen molar-refractivity contribution >= 4 is 26.8 Å². The summed E-state index contributed by atoms with van der Waals surface area (Å²) in [5.74, 6) is 1.58. The van der Waals surface area contributed by atoms with Crippen molar-refractivity contribution < 1.29 is 7.58 Å². The minimum absolute atomic E-state index is 0.665. The Balaban J connectivity index is 1.43. The molecule has 126 valence electrons. The Hall–Kier alpha value is -2.80. The molecule has 26 heavy (non-hydrogen) atoms. The Labute approximate surface area is 159 Å². The highest BCUT2D eigenvalue weighted by Crippen LogP contribution is 2.25. The van der Waals surface area contributed by atoms with E-state index in [1.165, 1.54) is 11.1 Å². The molecule has 0 aliphatic rings. The van der Waals surface area contributed by atoms with Crippen LogP contribution in [0.4, 0.5) is 0 Å². The highest BCUT2D eigenvalue weighted by atomic mass is 27.2. The highest BCUT2D eigenvalue weighted by molar-refractivity contribution is 6.21. The molecule has 0 saturated heterocycles. The van der Waals surface area contributed by atoms with Gasteiger partial charge in [0, 0.05) is 16.8 Å². The maximum atomic E-state index is 5.89. The van der Waals surface area contributed by atoms with Gasteiger partial charge in [-0.25, -0.2) is 4.98 Å². The molecule has 0 aliphatic carbocycles. The zero-order chi connectivity index (χ0) is 17.8. The van der Waals surface area contributed by atoms with Gasteiger partial charge >= 0.3 is 15.9 Å². The van der Waals surface area contributed by atoms with Crippen LogP contribution in [0.15, 0.2) is 84.9 Å². The topological polar surface area (TPSA) is 31.4 Å². The normalized spacial score (nSPS) is 10.7. The van der Waals surface area contributed by atoms with Crippen molar-refractivity contribution in [3.8, 4) is 22.6 Å². The first kappa shape index (κ1) is 16.7. The quantitative estimate of drug-likeness (QED) is 0.462. The predicted molar refractivity (Wildman–Crippen MR) is 105 cm³/mol. The van der Waals surface area contributed by atoms with E-state index in [0.29, 0.717) is 0 Å². The zero-order valence-electron chi connectivity index (χ0n) is 14.4. The van der Waals surface area contributed by atoms with Crippen LogP contribution in [0.2, 0.25) is 0 Å². The van der Waals surface area contributed by atoms with Crippen LogP contribution in [-0.2, 0) is 0 Å². The fourth-order valence-corrected chi connectivity index (χ4v) is 3.41. The maximum Gasteiger partial charge on any atom is 0.345 e. The molecule has 0 unspecified atom stereocenters. The minimum atomic E-state index is -0.665. The third-order valence-electron chi connectivity index (χ3n) is 4.14. The summed E-state index contributed by atoms with van der Waals surface area (Å²) in [6.45, 7) is 1.98. The number of nitrogens with zero attached hydrogens (tertiary/aromatic N) is 1. The summed E-state index contributed by atoms with van der Waals surface area (Å²) in [6.07, 6.45) is 0. The molecule has 0 N–H and O–H groups in total. The van der Waals surface area contributed by atoms with Crippen LogP contribution in [0.1, 0.15) is 5.69 Å². The number of rotatable bonds is 5. The minimum Gasteiger partial charge on any atom is -0.807 e. The van der Waals surface area contributed by atoms with Gasteiger partial charge < -0.3 is 7.58 Å². The Morgan fingerprint density at radius 3 is 2.27 bits per heavy atom. The lowest BCUT2D eigenvalue weighted by atomic mass is 10.1. The predicted octanol–water partition coefficient (Wildman–Crippen LogP) is 5.20. The van der Waals surface area contributed by atoms with Crippen LogP contribution in [0.5, 0.6) is 11.5 Å². The molecule has 4 rings (SSSR count). The second-order valence-corrected chi connectivity index (χ2v) is 6.67. The van der Waals surface area contributed by atoms with Gasteiger partial charge in [0.15, 0.2) is 0 Å². The van der Waals surface area contributed by atoms with E-state index < -0.39 is 15.9 Å². The Morgan fingerprint density at radius 1 is 0.692 bits per heavy atom. The van der Waals surface area contributed by atoms with Crippen molar-refractivity contribution in [2.45, 2.75) is 6.92 Å². The standard InChI is InChI=1S/C12H10O.C10H9NO.Al/c13-12-8-6-11(7-9-12)10-4-2-1-3-5-10;1-7-5-6-8-3-2-4-9(12)10(8)11-7;/h1-9,13H;2-6,12H,1H3;/q;;+1/p-2. The van der Waals surface area contributed by atoms with Crippen molar-refractivity contribution in [3.63, 3.8) is 0 Å². The van der Waals surface area contributed by atoms with E-state index in [2.05, 4.69) is 35.3 Å². The van der Waals surface area contributed by atoms with Crippen LogP contribution in [0.3, 0.4) is 0 Å². The lowest BCUT2D eigenvalue weighted by molar-refractivity contribution is 0.461. The van der Waals surface area contributed by atoms with E-state index in [1.807, 2.05) is 61.5 Å². The second kappa shape index (κ2) is 7.62. The molecule has 0 aliphatic heterocycles. The number of hydrogen-bond donors (Lipinski definition) is 0. The average Bonchev–Trinajstić information content (AvgIpc) is 2.69. The number of para-hydroxylation sites is 1. The zero-order valence-corrected chi connectivity index (χ0v) is 15.6. The van der Waals surface area contributed by atoms with Gasteiger partial charge in [0.1, 0.15) is 5.52 Å². The van der Waals surface area contributed by atoms with Crippen molar-refractivity contribution in [1.29, 1.82) is 0 Å². The molecule has 0 bridgehead atoms. The second-order valence-electron chi connectivity index (χ2n) is 6.00. The summed E-state index contributed by atoms with van der Waals surface area (Å²) in [6, 6.07) is 28.4. The summed E-state index contributed by atoms with van der Waals surface area (Å²) in [5.41, 5.74) is 4.21. The summed E-state index contributed by atoms with van der Waals surface area (Å²) in [5, 5.41) is 1.07. The van der Waals surface area contributed by atoms with Gasteiger partial charge in [0.25, 0.3) is 0 Å². The van der Waals surface area contributed by atoms with Gasteiger partial charge in [-0.05, 0) is 42.3 Å². The third kappa shape index (κ3) is 3.72. The first-order valence-corrected chi connectivity index (χ1v) is 9.41. The monoisotopic (exact) mass is 354 g/mol. The molecule has 3 nitrogen and oxygen atoms in total. The fraction of sp³-hybridized carbons (Fsp3) is 0.0455. The molecular weight excluding hydrogens is 337 g/mol. The molecule has 4 heteroatoms. The van der Waals surface area contributed by atoms with E-state index >= 15 is 0 Å². The SMILES string of the molecule is Cc1ccc2cccc([O][Al-][O]c3ccc(-c4ccccc4)cc3)c2n1. The lowest BCUT2D eigenvalue weighted by Gasteiger charge is -2.25. The number of pyridine rings is 1. The molecule has 0 amide bonds. The summed E-state index contributed by atoms with van der Waals surface area (Å²) in [4.78, 5) is 4.58. The molecule has 2 radical (unpaired) electrons. The van der Waals surface area contributed by atoms with Gasteiger partial charge in [-0.2, -0.15) is 0 Å². The van der Waals surface area contributed by atoms with Crippen LogP contribution in [0, 0.1) is 6.92 Å². The van der Waals surface area contributed by atoms with Gasteiger partial charge in [-0.1, -0.05) is 60.7 Å². The van der Waals surface area contributed by atoms with E-state index in [4.69, 9.17) is 7.58 Å². The summed E-state index contributed by atoms with van der Waals surface area (Å²) >= 11 is -0.665. The van der Waals surface area contributed by atoms with Crippen LogP contribution in [0.25, 0.3) is 22.0 Å². The molecule has 0 fully saturated rings. The van der Waals surface area contributed by atoms with E-state index in [9.17, 15) is 0 Å². The van der Waals surface area contributed by atoms with Crippen molar-refractivity contribution in [2.24, 2.45) is 0 Å². The number of aryl methyl sites for hydroxylation is 1. The molecule has 1 aromatic heterocycles. The smallest absolute Gasteiger partial charge is 0.345 e. The lowest BCUT2D eigenvalue weighted by Crippen LogP contribution is -2.11. The Bertz CT molecular complexity index is 1020. The number of hydrogen-bond acceptors (Lipinski definition) is 3. The van der Waals surface area contributed by atoms with Crippen LogP contribution in [-0.4, -0.2) is 20.9 Å². The largest absolute Gasteiger partial charge is 0.807 e. The van der Waals surface area contributed by atoms with Gasteiger partial charge in [0.2, 0.25) is 0 Å². The van der Waals surface area contributed by atoms with Gasteiger partial charge in [0.05, 0.1) is 5.75 Å². The number of benzene rings is 3. The van der Waals surface area contributed by atoms with E-state index in [-0.39, 0.29) is 0 Å². The molecule has 3 aromatic carbocycles. The molecular formula is C22H17AlNO2-. The summed E-state index contributed by atoms with van der Waals surface area (Å²) < 4.78 is 11.7. The number of fused-ring (bicyclic) bond motifs is 1. The third-order valence-corrected chi connectivity index (χ3v) is 4.86. The van der Waals surface area contributed by atoms with E-state index in [1.54, 1.807) is 0 Å². The van der Waals surface area contributed by atoms with Gasteiger partial charge in [-0.15, -0.1) is 0 Å². The fourth-order valence-electron chi connectivity index (χ4n) is 2.80. The highest BCUT2D eigenvalue weighted by Gasteiger charge is 2.01. The molecule has 1 heterocycles. The first-order chi connectivity index (χ1) is 12.8. The van der Waals surface area contributed by atoms with Crippen LogP contribution >= 0.6 is 0 Å². The van der Waals surface area contributed by atoms with Gasteiger partial charge in [-0.3, -0.25) is 0 Å². The first-order valence-electron chi connectivity index (χ1n) is 8.46. The van der Waals surface area contributed by atoms with Crippen molar-refractivity contribution in [3.05, 3.63) is 90.6 Å².